The minimum Gasteiger partial charge on any atom is -0.458 e. The monoisotopic (exact) mass is 420 g/mol. The van der Waals surface area contributed by atoms with Gasteiger partial charge in [0.1, 0.15) is 12.4 Å². The Balaban J connectivity index is 2.01. The van der Waals surface area contributed by atoms with Crippen LogP contribution in [-0.2, 0) is 21.1 Å². The van der Waals surface area contributed by atoms with Crippen molar-refractivity contribution in [1.29, 1.82) is 0 Å². The van der Waals surface area contributed by atoms with Gasteiger partial charge in [-0.25, -0.2) is 4.79 Å². The Hall–Kier alpha value is -2.37. The molecule has 2 aromatic rings. The average molecular weight is 420 g/mol. The first-order valence-electron chi connectivity index (χ1n) is 8.01. The molecule has 2 rings (SSSR count). The summed E-state index contributed by atoms with van der Waals surface area (Å²) in [5.41, 5.74) is -0.679. The van der Waals surface area contributed by atoms with Crippen LogP contribution in [-0.4, -0.2) is 57.3 Å². The maximum Gasteiger partial charge on any atom is 0.416 e. The molecule has 0 saturated heterocycles. The summed E-state index contributed by atoms with van der Waals surface area (Å²) >= 11 is 0. The third-order valence-corrected chi connectivity index (χ3v) is 5.67. The fourth-order valence-electron chi connectivity index (χ4n) is 2.18. The highest BCUT2D eigenvalue weighted by Crippen LogP contribution is 2.32. The molecule has 0 bridgehead atoms. The summed E-state index contributed by atoms with van der Waals surface area (Å²) < 4.78 is 74.4. The number of ether oxygens (including phenoxy) is 1. The number of benzene rings is 1. The molecule has 0 aliphatic heterocycles. The molecule has 0 fully saturated rings. The Morgan fingerprint density at radius 2 is 1.82 bits per heavy atom. The standard InChI is InChI=1S/C17H19F3N2O5S/c1-21(2)28(24,25)22(3)9-10-26-16(23)15-8-7-14(27-15)12-5-4-6-13(11-12)17(18,19)20/h4-8,11H,9-10H2,1-3H3. The van der Waals surface area contributed by atoms with E-state index in [1.165, 1.54) is 45.4 Å². The second kappa shape index (κ2) is 8.33. The van der Waals surface area contributed by atoms with E-state index in [9.17, 15) is 26.4 Å². The number of halogens is 3. The topological polar surface area (TPSA) is 80.1 Å². The van der Waals surface area contributed by atoms with Crippen molar-refractivity contribution in [3.05, 3.63) is 47.7 Å². The van der Waals surface area contributed by atoms with Gasteiger partial charge in [-0.2, -0.15) is 30.2 Å². The lowest BCUT2D eigenvalue weighted by molar-refractivity contribution is -0.137. The van der Waals surface area contributed by atoms with Gasteiger partial charge in [0.25, 0.3) is 10.2 Å². The first-order chi connectivity index (χ1) is 12.9. The zero-order chi connectivity index (χ0) is 21.1. The number of rotatable bonds is 7. The van der Waals surface area contributed by atoms with Crippen molar-refractivity contribution in [2.75, 3.05) is 34.3 Å². The molecule has 0 N–H and O–H groups in total. The van der Waals surface area contributed by atoms with E-state index in [1.54, 1.807) is 0 Å². The van der Waals surface area contributed by atoms with E-state index in [4.69, 9.17) is 9.15 Å². The highest BCUT2D eigenvalue weighted by molar-refractivity contribution is 7.86. The molecule has 0 spiro atoms. The van der Waals surface area contributed by atoms with Gasteiger partial charge in [0.2, 0.25) is 5.76 Å². The minimum atomic E-state index is -4.50. The Labute approximate surface area is 160 Å². The van der Waals surface area contributed by atoms with Gasteiger partial charge in [0, 0.05) is 33.3 Å². The van der Waals surface area contributed by atoms with Crippen LogP contribution in [0.3, 0.4) is 0 Å². The van der Waals surface area contributed by atoms with Crippen molar-refractivity contribution < 1.29 is 35.5 Å². The summed E-state index contributed by atoms with van der Waals surface area (Å²) in [6, 6.07) is 7.13. The molecule has 0 aliphatic rings. The van der Waals surface area contributed by atoms with Crippen molar-refractivity contribution in [3.8, 4) is 11.3 Å². The van der Waals surface area contributed by atoms with Crippen molar-refractivity contribution >= 4 is 16.2 Å². The van der Waals surface area contributed by atoms with Crippen LogP contribution in [0.4, 0.5) is 13.2 Å². The van der Waals surface area contributed by atoms with Gasteiger partial charge < -0.3 is 9.15 Å². The largest absolute Gasteiger partial charge is 0.458 e. The van der Waals surface area contributed by atoms with Crippen LogP contribution in [0.5, 0.6) is 0 Å². The first kappa shape index (κ1) is 21.9. The Bertz CT molecular complexity index is 938. The number of esters is 1. The van der Waals surface area contributed by atoms with Crippen molar-refractivity contribution in [2.24, 2.45) is 0 Å². The molecule has 1 aromatic carbocycles. The fourth-order valence-corrected chi connectivity index (χ4v) is 3.05. The highest BCUT2D eigenvalue weighted by Gasteiger charge is 2.30. The zero-order valence-electron chi connectivity index (χ0n) is 15.4. The summed E-state index contributed by atoms with van der Waals surface area (Å²) in [7, 11) is 0.450. The van der Waals surface area contributed by atoms with Gasteiger partial charge in [-0.3, -0.25) is 0 Å². The molecule has 0 radical (unpaired) electrons. The number of hydrogen-bond acceptors (Lipinski definition) is 5. The van der Waals surface area contributed by atoms with Crippen LogP contribution in [0.2, 0.25) is 0 Å². The lowest BCUT2D eigenvalue weighted by atomic mass is 10.1. The third-order valence-electron chi connectivity index (χ3n) is 3.78. The molecule has 0 unspecified atom stereocenters. The summed E-state index contributed by atoms with van der Waals surface area (Å²) in [5.74, 6) is -0.982. The van der Waals surface area contributed by atoms with Gasteiger partial charge in [-0.15, -0.1) is 0 Å². The molecule has 0 aliphatic carbocycles. The summed E-state index contributed by atoms with van der Waals surface area (Å²) in [6.07, 6.45) is -4.50. The summed E-state index contributed by atoms with van der Waals surface area (Å²) in [6.45, 7) is -0.296. The highest BCUT2D eigenvalue weighted by atomic mass is 32.2. The Kier molecular flexibility index (Phi) is 6.52. The molecular weight excluding hydrogens is 401 g/mol. The van der Waals surface area contributed by atoms with Gasteiger partial charge in [-0.05, 0) is 24.3 Å². The maximum absolute atomic E-state index is 12.8. The quantitative estimate of drug-likeness (QED) is 0.644. The molecule has 7 nitrogen and oxygen atoms in total. The molecule has 28 heavy (non-hydrogen) atoms. The number of furan rings is 1. The third kappa shape index (κ3) is 5.12. The van der Waals surface area contributed by atoms with E-state index in [-0.39, 0.29) is 30.2 Å². The van der Waals surface area contributed by atoms with Crippen molar-refractivity contribution in [1.82, 2.24) is 8.61 Å². The van der Waals surface area contributed by atoms with Crippen molar-refractivity contribution in [3.63, 3.8) is 0 Å². The molecule has 154 valence electrons. The predicted molar refractivity (Wildman–Crippen MR) is 94.7 cm³/mol. The normalized spacial score (nSPS) is 12.6. The molecule has 0 amide bonds. The second-order valence-corrected chi connectivity index (χ2v) is 8.24. The van der Waals surface area contributed by atoms with E-state index in [2.05, 4.69) is 0 Å². The lowest BCUT2D eigenvalue weighted by Gasteiger charge is -2.20. The minimum absolute atomic E-state index is 0.0744. The summed E-state index contributed by atoms with van der Waals surface area (Å²) in [4.78, 5) is 12.0. The van der Waals surface area contributed by atoms with Crippen LogP contribution < -0.4 is 0 Å². The maximum atomic E-state index is 12.8. The zero-order valence-corrected chi connectivity index (χ0v) is 16.2. The first-order valence-corrected chi connectivity index (χ1v) is 9.41. The number of nitrogens with zero attached hydrogens (tertiary/aromatic N) is 2. The lowest BCUT2D eigenvalue weighted by Crippen LogP contribution is -2.39. The van der Waals surface area contributed by atoms with Gasteiger partial charge in [0.05, 0.1) is 5.56 Å². The number of likely N-dealkylation sites (N-methyl/N-ethyl adjacent to an activating group) is 1. The molecular formula is C17H19F3N2O5S. The van der Waals surface area contributed by atoms with Crippen LogP contribution in [0.15, 0.2) is 40.8 Å². The van der Waals surface area contributed by atoms with Gasteiger partial charge in [0.15, 0.2) is 0 Å². The summed E-state index contributed by atoms with van der Waals surface area (Å²) in [5, 5.41) is 0. The van der Waals surface area contributed by atoms with Crippen LogP contribution >= 0.6 is 0 Å². The molecule has 0 saturated carbocycles. The van der Waals surface area contributed by atoms with Crippen LogP contribution in [0.1, 0.15) is 16.1 Å². The fraction of sp³-hybridized carbons (Fsp3) is 0.353. The van der Waals surface area contributed by atoms with Crippen molar-refractivity contribution in [2.45, 2.75) is 6.18 Å². The Morgan fingerprint density at radius 3 is 2.43 bits per heavy atom. The van der Waals surface area contributed by atoms with E-state index < -0.39 is 27.9 Å². The molecule has 1 heterocycles. The smallest absolute Gasteiger partial charge is 0.416 e. The Morgan fingerprint density at radius 1 is 1.14 bits per heavy atom. The average Bonchev–Trinajstić information content (AvgIpc) is 3.11. The number of alkyl halides is 3. The SMILES string of the molecule is CN(C)S(=O)(=O)N(C)CCOC(=O)c1ccc(-c2cccc(C(F)(F)F)c2)o1. The number of carbonyl (C=O) groups is 1. The molecule has 1 aromatic heterocycles. The van der Waals surface area contributed by atoms with Gasteiger partial charge >= 0.3 is 12.1 Å². The molecule has 0 atom stereocenters. The number of hydrogen-bond donors (Lipinski definition) is 0. The van der Waals surface area contributed by atoms with Crippen LogP contribution in [0.25, 0.3) is 11.3 Å². The van der Waals surface area contributed by atoms with E-state index in [0.29, 0.717) is 0 Å². The molecule has 11 heteroatoms. The predicted octanol–water partition coefficient (Wildman–Crippen LogP) is 2.86. The second-order valence-electron chi connectivity index (χ2n) is 5.99. The number of carbonyl (C=O) groups excluding carboxylic acids is 1. The van der Waals surface area contributed by atoms with Crippen LogP contribution in [0, 0.1) is 0 Å². The van der Waals surface area contributed by atoms with E-state index >= 15 is 0 Å². The van der Waals surface area contributed by atoms with E-state index in [0.717, 1.165) is 20.7 Å². The van der Waals surface area contributed by atoms with Gasteiger partial charge in [-0.1, -0.05) is 12.1 Å². The van der Waals surface area contributed by atoms with E-state index in [1.807, 2.05) is 0 Å².